The summed E-state index contributed by atoms with van der Waals surface area (Å²) in [6.45, 7) is 1.05. The van der Waals surface area contributed by atoms with Gasteiger partial charge in [-0.1, -0.05) is 0 Å². The first-order valence-electron chi connectivity index (χ1n) is 6.01. The van der Waals surface area contributed by atoms with Crippen LogP contribution >= 0.6 is 0 Å². The molecule has 7 nitrogen and oxygen atoms in total. The van der Waals surface area contributed by atoms with E-state index in [1.54, 1.807) is 0 Å². The van der Waals surface area contributed by atoms with Gasteiger partial charge in [0.25, 0.3) is 11.6 Å². The summed E-state index contributed by atoms with van der Waals surface area (Å²) in [5, 5.41) is 13.5. The molecule has 19 heavy (non-hydrogen) atoms. The topological polar surface area (TPSA) is 107 Å². The monoisotopic (exact) mass is 265 g/mol. The SMILES string of the molecule is Nc1ccc([N+](=O)[O-])c(C(=O)NCC2CCCO2)c1. The Morgan fingerprint density at radius 2 is 2.37 bits per heavy atom. The van der Waals surface area contributed by atoms with Gasteiger partial charge in [0.05, 0.1) is 11.0 Å². The van der Waals surface area contributed by atoms with Gasteiger partial charge in [-0.25, -0.2) is 0 Å². The second-order valence-electron chi connectivity index (χ2n) is 4.38. The number of nitrogens with two attached hydrogens (primary N) is 1. The lowest BCUT2D eigenvalue weighted by Gasteiger charge is -2.11. The number of nitrogens with one attached hydrogen (secondary N) is 1. The van der Waals surface area contributed by atoms with Crippen LogP contribution in [0.5, 0.6) is 0 Å². The maximum Gasteiger partial charge on any atom is 0.282 e. The van der Waals surface area contributed by atoms with Gasteiger partial charge in [0, 0.05) is 24.9 Å². The number of carbonyl (C=O) groups is 1. The van der Waals surface area contributed by atoms with Gasteiger partial charge in [-0.15, -0.1) is 0 Å². The second-order valence-corrected chi connectivity index (χ2v) is 4.38. The number of nitrogen functional groups attached to an aromatic ring is 1. The number of anilines is 1. The van der Waals surface area contributed by atoms with Crippen molar-refractivity contribution in [3.05, 3.63) is 33.9 Å². The number of benzene rings is 1. The molecule has 1 amide bonds. The Morgan fingerprint density at radius 3 is 3.00 bits per heavy atom. The predicted molar refractivity (Wildman–Crippen MR) is 68.8 cm³/mol. The van der Waals surface area contributed by atoms with Gasteiger partial charge in [0.1, 0.15) is 5.56 Å². The molecule has 0 spiro atoms. The zero-order valence-corrected chi connectivity index (χ0v) is 10.3. The van der Waals surface area contributed by atoms with Crippen LogP contribution in [0.1, 0.15) is 23.2 Å². The lowest BCUT2D eigenvalue weighted by molar-refractivity contribution is -0.385. The van der Waals surface area contributed by atoms with E-state index in [4.69, 9.17) is 10.5 Å². The average Bonchev–Trinajstić information content (AvgIpc) is 2.88. The number of amides is 1. The number of hydrogen-bond donors (Lipinski definition) is 2. The Balaban J connectivity index is 2.08. The normalized spacial score (nSPS) is 18.2. The number of rotatable bonds is 4. The summed E-state index contributed by atoms with van der Waals surface area (Å²) in [6, 6.07) is 3.94. The fourth-order valence-corrected chi connectivity index (χ4v) is 2.00. The van der Waals surface area contributed by atoms with E-state index in [9.17, 15) is 14.9 Å². The number of nitrogens with zero attached hydrogens (tertiary/aromatic N) is 1. The van der Waals surface area contributed by atoms with E-state index in [1.807, 2.05) is 0 Å². The van der Waals surface area contributed by atoms with Crippen LogP contribution in [0.3, 0.4) is 0 Å². The summed E-state index contributed by atoms with van der Waals surface area (Å²) >= 11 is 0. The van der Waals surface area contributed by atoms with E-state index in [0.29, 0.717) is 18.8 Å². The molecule has 1 saturated heterocycles. The van der Waals surface area contributed by atoms with Crippen molar-refractivity contribution in [3.8, 4) is 0 Å². The second kappa shape index (κ2) is 5.66. The highest BCUT2D eigenvalue weighted by atomic mass is 16.6. The van der Waals surface area contributed by atoms with Gasteiger partial charge in [-0.2, -0.15) is 0 Å². The fraction of sp³-hybridized carbons (Fsp3) is 0.417. The first-order chi connectivity index (χ1) is 9.08. The summed E-state index contributed by atoms with van der Waals surface area (Å²) in [4.78, 5) is 22.2. The number of carbonyl (C=O) groups excluding carboxylic acids is 1. The average molecular weight is 265 g/mol. The number of nitro benzene ring substituents is 1. The van der Waals surface area contributed by atoms with Gasteiger partial charge < -0.3 is 15.8 Å². The van der Waals surface area contributed by atoms with Crippen LogP contribution in [0.2, 0.25) is 0 Å². The third kappa shape index (κ3) is 3.19. The molecule has 0 aromatic heterocycles. The van der Waals surface area contributed by atoms with Crippen LogP contribution < -0.4 is 11.1 Å². The molecular weight excluding hydrogens is 250 g/mol. The zero-order valence-electron chi connectivity index (χ0n) is 10.3. The largest absolute Gasteiger partial charge is 0.399 e. The predicted octanol–water partition coefficient (Wildman–Crippen LogP) is 1.09. The Morgan fingerprint density at radius 1 is 1.58 bits per heavy atom. The van der Waals surface area contributed by atoms with Crippen LogP contribution in [0, 0.1) is 10.1 Å². The Labute approximate surface area is 109 Å². The maximum absolute atomic E-state index is 12.0. The molecule has 0 radical (unpaired) electrons. The lowest BCUT2D eigenvalue weighted by atomic mass is 10.1. The van der Waals surface area contributed by atoms with Crippen molar-refractivity contribution in [2.24, 2.45) is 0 Å². The number of hydrogen-bond acceptors (Lipinski definition) is 5. The minimum Gasteiger partial charge on any atom is -0.399 e. The molecule has 102 valence electrons. The fourth-order valence-electron chi connectivity index (χ4n) is 2.00. The van der Waals surface area contributed by atoms with Crippen molar-refractivity contribution in [2.45, 2.75) is 18.9 Å². The quantitative estimate of drug-likeness (QED) is 0.481. The third-order valence-corrected chi connectivity index (χ3v) is 2.98. The van der Waals surface area contributed by atoms with Gasteiger partial charge in [-0.05, 0) is 25.0 Å². The minimum atomic E-state index is -0.597. The van der Waals surface area contributed by atoms with Crippen molar-refractivity contribution in [2.75, 3.05) is 18.9 Å². The molecule has 1 fully saturated rings. The first kappa shape index (κ1) is 13.3. The standard InChI is InChI=1S/C12H15N3O4/c13-8-3-4-11(15(17)18)10(6-8)12(16)14-7-9-2-1-5-19-9/h3-4,6,9H,1-2,5,7,13H2,(H,14,16). The highest BCUT2D eigenvalue weighted by Gasteiger charge is 2.22. The molecule has 1 atom stereocenters. The Bertz CT molecular complexity index is 498. The van der Waals surface area contributed by atoms with E-state index >= 15 is 0 Å². The first-order valence-corrected chi connectivity index (χ1v) is 6.01. The third-order valence-electron chi connectivity index (χ3n) is 2.98. The maximum atomic E-state index is 12.0. The summed E-state index contributed by atoms with van der Waals surface area (Å²) in [6.07, 6.45) is 1.85. The Kier molecular flexibility index (Phi) is 3.96. The van der Waals surface area contributed by atoms with Gasteiger partial charge in [0.15, 0.2) is 0 Å². The van der Waals surface area contributed by atoms with E-state index < -0.39 is 10.8 Å². The molecule has 0 bridgehead atoms. The molecule has 0 aliphatic carbocycles. The summed E-state index contributed by atoms with van der Waals surface area (Å²) in [5.41, 5.74) is 5.59. The van der Waals surface area contributed by atoms with E-state index in [0.717, 1.165) is 12.8 Å². The number of nitro groups is 1. The van der Waals surface area contributed by atoms with Crippen LogP contribution in [0.15, 0.2) is 18.2 Å². The van der Waals surface area contributed by atoms with Gasteiger partial charge >= 0.3 is 0 Å². The smallest absolute Gasteiger partial charge is 0.282 e. The molecule has 1 aliphatic rings. The van der Waals surface area contributed by atoms with Crippen LogP contribution in [0.25, 0.3) is 0 Å². The molecular formula is C12H15N3O4. The Hall–Kier alpha value is -2.15. The summed E-state index contributed by atoms with van der Waals surface area (Å²) in [5.74, 6) is -0.505. The molecule has 1 aromatic carbocycles. The molecule has 1 heterocycles. The van der Waals surface area contributed by atoms with E-state index in [1.165, 1.54) is 18.2 Å². The van der Waals surface area contributed by atoms with Gasteiger partial charge in [-0.3, -0.25) is 14.9 Å². The van der Waals surface area contributed by atoms with Gasteiger partial charge in [0.2, 0.25) is 0 Å². The summed E-state index contributed by atoms with van der Waals surface area (Å²) in [7, 11) is 0. The molecule has 1 aromatic rings. The van der Waals surface area contributed by atoms with E-state index in [-0.39, 0.29) is 17.4 Å². The van der Waals surface area contributed by atoms with Crippen molar-refractivity contribution in [1.29, 1.82) is 0 Å². The molecule has 7 heteroatoms. The highest BCUT2D eigenvalue weighted by Crippen LogP contribution is 2.21. The highest BCUT2D eigenvalue weighted by molar-refractivity contribution is 5.99. The summed E-state index contributed by atoms with van der Waals surface area (Å²) < 4.78 is 5.37. The zero-order chi connectivity index (χ0) is 13.8. The van der Waals surface area contributed by atoms with Crippen molar-refractivity contribution in [3.63, 3.8) is 0 Å². The molecule has 2 rings (SSSR count). The van der Waals surface area contributed by atoms with E-state index in [2.05, 4.69) is 5.32 Å². The molecule has 1 unspecified atom stereocenters. The van der Waals surface area contributed by atoms with Crippen molar-refractivity contribution < 1.29 is 14.5 Å². The van der Waals surface area contributed by atoms with Crippen molar-refractivity contribution >= 4 is 17.3 Å². The minimum absolute atomic E-state index is 0.0101. The number of ether oxygens (including phenoxy) is 1. The lowest BCUT2D eigenvalue weighted by Crippen LogP contribution is -2.32. The molecule has 3 N–H and O–H groups in total. The van der Waals surface area contributed by atoms with Crippen LogP contribution in [-0.2, 0) is 4.74 Å². The molecule has 0 saturated carbocycles. The van der Waals surface area contributed by atoms with Crippen LogP contribution in [-0.4, -0.2) is 30.1 Å². The van der Waals surface area contributed by atoms with Crippen LogP contribution in [0.4, 0.5) is 11.4 Å². The van der Waals surface area contributed by atoms with Crippen molar-refractivity contribution in [1.82, 2.24) is 5.32 Å². The molecule has 1 aliphatic heterocycles.